The Labute approximate surface area is 118 Å². The molecular weight excluding hydrogens is 266 g/mol. The Kier molecular flexibility index (Phi) is 5.79. The van der Waals surface area contributed by atoms with E-state index in [1.807, 2.05) is 18.9 Å². The molecule has 0 aromatic heterocycles. The molecule has 1 rings (SSSR count). The average molecular weight is 286 g/mol. The van der Waals surface area contributed by atoms with Gasteiger partial charge in [-0.15, -0.1) is 0 Å². The van der Waals surface area contributed by atoms with Crippen LogP contribution in [0.1, 0.15) is 29.8 Å². The summed E-state index contributed by atoms with van der Waals surface area (Å²) >= 11 is 5.98. The van der Waals surface area contributed by atoms with E-state index in [-0.39, 0.29) is 23.1 Å². The Hall–Kier alpha value is -1.10. The van der Waals surface area contributed by atoms with Crippen LogP contribution < -0.4 is 0 Å². The third-order valence-electron chi connectivity index (χ3n) is 3.11. The van der Waals surface area contributed by atoms with Gasteiger partial charge < -0.3 is 9.84 Å². The monoisotopic (exact) mass is 285 g/mol. The van der Waals surface area contributed by atoms with E-state index < -0.39 is 0 Å². The summed E-state index contributed by atoms with van der Waals surface area (Å²) in [6, 6.07) is 3.37. The van der Waals surface area contributed by atoms with Gasteiger partial charge in [-0.05, 0) is 33.0 Å². The molecule has 0 saturated carbocycles. The Morgan fingerprint density at radius 3 is 2.68 bits per heavy atom. The molecule has 0 fully saturated rings. The lowest BCUT2D eigenvalue weighted by molar-refractivity contribution is 0.101. The van der Waals surface area contributed by atoms with Crippen LogP contribution in [0.4, 0.5) is 0 Å². The van der Waals surface area contributed by atoms with Crippen molar-refractivity contribution in [2.75, 3.05) is 20.8 Å². The largest absolute Gasteiger partial charge is 0.507 e. The van der Waals surface area contributed by atoms with Crippen molar-refractivity contribution >= 4 is 17.4 Å². The number of phenols is 1. The van der Waals surface area contributed by atoms with Crippen molar-refractivity contribution in [3.8, 4) is 5.75 Å². The zero-order valence-electron chi connectivity index (χ0n) is 11.7. The third-order valence-corrected chi connectivity index (χ3v) is 3.33. The van der Waals surface area contributed by atoms with Crippen LogP contribution in [0.15, 0.2) is 12.1 Å². The fourth-order valence-corrected chi connectivity index (χ4v) is 2.08. The fraction of sp³-hybridized carbons (Fsp3) is 0.500. The van der Waals surface area contributed by atoms with E-state index in [1.165, 1.54) is 13.0 Å². The first-order valence-corrected chi connectivity index (χ1v) is 6.46. The summed E-state index contributed by atoms with van der Waals surface area (Å²) in [6.07, 6.45) is 0. The number of hydrogen-bond donors (Lipinski definition) is 1. The Morgan fingerprint density at radius 1 is 1.53 bits per heavy atom. The summed E-state index contributed by atoms with van der Waals surface area (Å²) in [5.41, 5.74) is 0.901. The van der Waals surface area contributed by atoms with Crippen LogP contribution in [0, 0.1) is 0 Å². The highest BCUT2D eigenvalue weighted by Gasteiger charge is 2.16. The summed E-state index contributed by atoms with van der Waals surface area (Å²) in [7, 11) is 3.58. The maximum Gasteiger partial charge on any atom is 0.163 e. The van der Waals surface area contributed by atoms with Gasteiger partial charge >= 0.3 is 0 Å². The van der Waals surface area contributed by atoms with Gasteiger partial charge in [0.2, 0.25) is 0 Å². The number of benzene rings is 1. The molecule has 19 heavy (non-hydrogen) atoms. The third kappa shape index (κ3) is 4.20. The van der Waals surface area contributed by atoms with E-state index in [2.05, 4.69) is 0 Å². The van der Waals surface area contributed by atoms with E-state index >= 15 is 0 Å². The summed E-state index contributed by atoms with van der Waals surface area (Å²) in [4.78, 5) is 13.5. The quantitative estimate of drug-likeness (QED) is 0.817. The Morgan fingerprint density at radius 2 is 2.16 bits per heavy atom. The van der Waals surface area contributed by atoms with E-state index in [0.717, 1.165) is 0 Å². The van der Waals surface area contributed by atoms with Gasteiger partial charge in [0.25, 0.3) is 0 Å². The van der Waals surface area contributed by atoms with E-state index in [9.17, 15) is 9.90 Å². The standard InChI is InChI=1S/C14H20ClNO3/c1-9(8-19-4)16(3)7-11-5-12(15)6-13(10(2)17)14(11)18/h5-6,9,18H,7-8H2,1-4H3. The van der Waals surface area contributed by atoms with Gasteiger partial charge in [0, 0.05) is 30.3 Å². The fourth-order valence-electron chi connectivity index (χ4n) is 1.84. The highest BCUT2D eigenvalue weighted by molar-refractivity contribution is 6.31. The molecule has 1 aromatic rings. The number of nitrogens with zero attached hydrogens (tertiary/aromatic N) is 1. The minimum absolute atomic E-state index is 0.00775. The second-order valence-electron chi connectivity index (χ2n) is 4.74. The van der Waals surface area contributed by atoms with Crippen molar-refractivity contribution in [1.82, 2.24) is 4.90 Å². The van der Waals surface area contributed by atoms with Crippen LogP contribution in [-0.4, -0.2) is 42.6 Å². The lowest BCUT2D eigenvalue weighted by Gasteiger charge is -2.24. The number of hydrogen-bond acceptors (Lipinski definition) is 4. The van der Waals surface area contributed by atoms with Gasteiger partial charge in [0.1, 0.15) is 5.75 Å². The summed E-state index contributed by atoms with van der Waals surface area (Å²) in [5.74, 6) is -0.192. The summed E-state index contributed by atoms with van der Waals surface area (Å²) < 4.78 is 5.09. The van der Waals surface area contributed by atoms with Gasteiger partial charge in [-0.25, -0.2) is 0 Å². The molecule has 1 aromatic carbocycles. The first-order valence-electron chi connectivity index (χ1n) is 6.08. The maximum absolute atomic E-state index is 11.4. The van der Waals surface area contributed by atoms with Gasteiger partial charge in [0.15, 0.2) is 5.78 Å². The number of ether oxygens (including phenoxy) is 1. The number of halogens is 1. The van der Waals surface area contributed by atoms with Crippen molar-refractivity contribution in [3.63, 3.8) is 0 Å². The second kappa shape index (κ2) is 6.89. The van der Waals surface area contributed by atoms with Gasteiger partial charge in [-0.1, -0.05) is 11.6 Å². The van der Waals surface area contributed by atoms with Crippen LogP contribution in [-0.2, 0) is 11.3 Å². The number of methoxy groups -OCH3 is 1. The highest BCUT2D eigenvalue weighted by atomic mass is 35.5. The van der Waals surface area contributed by atoms with Gasteiger partial charge in [0.05, 0.1) is 12.2 Å². The molecule has 0 aliphatic carbocycles. The maximum atomic E-state index is 11.4. The van der Waals surface area contributed by atoms with E-state index in [1.54, 1.807) is 13.2 Å². The molecular formula is C14H20ClNO3. The Balaban J connectivity index is 2.98. The lowest BCUT2D eigenvalue weighted by atomic mass is 10.1. The van der Waals surface area contributed by atoms with E-state index in [0.29, 0.717) is 23.7 Å². The average Bonchev–Trinajstić information content (AvgIpc) is 2.33. The van der Waals surface area contributed by atoms with Crippen molar-refractivity contribution < 1.29 is 14.6 Å². The first-order chi connectivity index (χ1) is 8.86. The molecule has 0 radical (unpaired) electrons. The predicted molar refractivity (Wildman–Crippen MR) is 75.9 cm³/mol. The molecule has 0 amide bonds. The van der Waals surface area contributed by atoms with Crippen molar-refractivity contribution in [2.24, 2.45) is 0 Å². The van der Waals surface area contributed by atoms with Gasteiger partial charge in [-0.2, -0.15) is 0 Å². The molecule has 106 valence electrons. The zero-order valence-corrected chi connectivity index (χ0v) is 12.5. The van der Waals surface area contributed by atoms with Crippen LogP contribution in [0.25, 0.3) is 0 Å². The molecule has 0 aliphatic rings. The number of carbonyl (C=O) groups excluding carboxylic acids is 1. The molecule has 1 unspecified atom stereocenters. The normalized spacial score (nSPS) is 12.7. The predicted octanol–water partition coefficient (Wildman–Crippen LogP) is 2.71. The van der Waals surface area contributed by atoms with Crippen molar-refractivity contribution in [1.29, 1.82) is 0 Å². The molecule has 1 atom stereocenters. The second-order valence-corrected chi connectivity index (χ2v) is 5.17. The van der Waals surface area contributed by atoms with E-state index in [4.69, 9.17) is 16.3 Å². The lowest BCUT2D eigenvalue weighted by Crippen LogP contribution is -2.32. The zero-order chi connectivity index (χ0) is 14.6. The van der Waals surface area contributed by atoms with Crippen LogP contribution in [0.5, 0.6) is 5.75 Å². The number of ketones is 1. The number of likely N-dealkylation sites (N-methyl/N-ethyl adjacent to an activating group) is 1. The van der Waals surface area contributed by atoms with Crippen LogP contribution >= 0.6 is 11.6 Å². The van der Waals surface area contributed by atoms with Gasteiger partial charge in [-0.3, -0.25) is 9.69 Å². The molecule has 0 aliphatic heterocycles. The number of Topliss-reactive ketones (excluding diaryl/α,β-unsaturated/α-hetero) is 1. The SMILES string of the molecule is COCC(C)N(C)Cc1cc(Cl)cc(C(C)=O)c1O. The number of phenolic OH excluding ortho intramolecular Hbond substituents is 1. The van der Waals surface area contributed by atoms with Crippen molar-refractivity contribution in [2.45, 2.75) is 26.4 Å². The number of aromatic hydroxyl groups is 1. The summed E-state index contributed by atoms with van der Waals surface area (Å²) in [5, 5.41) is 10.6. The smallest absolute Gasteiger partial charge is 0.163 e. The molecule has 0 spiro atoms. The first kappa shape index (κ1) is 16.0. The number of rotatable bonds is 6. The minimum atomic E-state index is -0.200. The molecule has 4 nitrogen and oxygen atoms in total. The van der Waals surface area contributed by atoms with Crippen molar-refractivity contribution in [3.05, 3.63) is 28.3 Å². The minimum Gasteiger partial charge on any atom is -0.507 e. The highest BCUT2D eigenvalue weighted by Crippen LogP contribution is 2.28. The molecule has 0 heterocycles. The molecule has 0 bridgehead atoms. The number of carbonyl (C=O) groups is 1. The molecule has 5 heteroatoms. The topological polar surface area (TPSA) is 49.8 Å². The van der Waals surface area contributed by atoms with Crippen LogP contribution in [0.2, 0.25) is 5.02 Å². The Bertz CT molecular complexity index is 462. The molecule has 1 N–H and O–H groups in total. The molecule has 0 saturated heterocycles. The summed E-state index contributed by atoms with van der Waals surface area (Å²) in [6.45, 7) is 4.53. The van der Waals surface area contributed by atoms with Crippen LogP contribution in [0.3, 0.4) is 0 Å².